The highest BCUT2D eigenvalue weighted by atomic mass is 16.5. The smallest absolute Gasteiger partial charge is 0.275 e. The molecule has 2 N–H and O–H groups in total. The molecule has 1 aliphatic rings. The Morgan fingerprint density at radius 2 is 1.85 bits per heavy atom. The number of phenols is 1. The van der Waals surface area contributed by atoms with Crippen molar-refractivity contribution in [2.24, 2.45) is 0 Å². The van der Waals surface area contributed by atoms with E-state index in [2.05, 4.69) is 19.4 Å². The van der Waals surface area contributed by atoms with Crippen molar-refractivity contribution >= 4 is 23.8 Å². The maximum atomic E-state index is 13.0. The van der Waals surface area contributed by atoms with Crippen molar-refractivity contribution in [3.8, 4) is 23.0 Å². The molecule has 0 bridgehead atoms. The number of benzene rings is 2. The SMILES string of the molecule is CCCNC(=O)C[N+](C)(C)CCCCCOc1ccc(/C=C/C(=O)c2c(OC)cc3c(c2O)C=CC(C)(C)O3)cc1. The van der Waals surface area contributed by atoms with Crippen molar-refractivity contribution in [1.29, 1.82) is 0 Å². The first kappa shape index (κ1) is 31.7. The van der Waals surface area contributed by atoms with E-state index in [4.69, 9.17) is 14.2 Å². The van der Waals surface area contributed by atoms with Crippen LogP contribution in [0.2, 0.25) is 0 Å². The monoisotopic (exact) mass is 565 g/mol. The fourth-order valence-electron chi connectivity index (χ4n) is 4.61. The summed E-state index contributed by atoms with van der Waals surface area (Å²) < 4.78 is 17.9. The van der Waals surface area contributed by atoms with Gasteiger partial charge in [-0.1, -0.05) is 25.1 Å². The van der Waals surface area contributed by atoms with Crippen LogP contribution in [0.25, 0.3) is 12.2 Å². The molecule has 8 heteroatoms. The highest BCUT2D eigenvalue weighted by Crippen LogP contribution is 2.43. The number of amides is 1. The largest absolute Gasteiger partial charge is 0.506 e. The molecule has 2 aromatic rings. The predicted octanol–water partition coefficient (Wildman–Crippen LogP) is 5.63. The van der Waals surface area contributed by atoms with Crippen LogP contribution in [0.1, 0.15) is 67.9 Å². The molecule has 3 rings (SSSR count). The van der Waals surface area contributed by atoms with Gasteiger partial charge in [-0.2, -0.15) is 0 Å². The second kappa shape index (κ2) is 14.2. The first-order valence-electron chi connectivity index (χ1n) is 14.3. The van der Waals surface area contributed by atoms with Gasteiger partial charge >= 0.3 is 0 Å². The molecule has 0 aliphatic carbocycles. The van der Waals surface area contributed by atoms with Crippen molar-refractivity contribution in [3.05, 3.63) is 59.2 Å². The van der Waals surface area contributed by atoms with Crippen molar-refractivity contribution in [2.75, 3.05) is 47.4 Å². The molecule has 41 heavy (non-hydrogen) atoms. The van der Waals surface area contributed by atoms with Gasteiger partial charge in [0.15, 0.2) is 12.3 Å². The van der Waals surface area contributed by atoms with E-state index in [0.29, 0.717) is 28.9 Å². The molecule has 0 unspecified atom stereocenters. The minimum atomic E-state index is -0.518. The van der Waals surface area contributed by atoms with E-state index < -0.39 is 5.60 Å². The third kappa shape index (κ3) is 9.39. The summed E-state index contributed by atoms with van der Waals surface area (Å²) in [5, 5.41) is 13.8. The van der Waals surface area contributed by atoms with Crippen LogP contribution in [0.5, 0.6) is 23.0 Å². The van der Waals surface area contributed by atoms with Crippen LogP contribution in [-0.2, 0) is 4.79 Å². The lowest BCUT2D eigenvalue weighted by Crippen LogP contribution is -2.48. The summed E-state index contributed by atoms with van der Waals surface area (Å²) in [6, 6.07) is 9.15. The molecule has 8 nitrogen and oxygen atoms in total. The molecule has 222 valence electrons. The summed E-state index contributed by atoms with van der Waals surface area (Å²) in [6.45, 7) is 8.66. The van der Waals surface area contributed by atoms with E-state index in [1.54, 1.807) is 18.2 Å². The number of likely N-dealkylation sites (N-methyl/N-ethyl adjacent to an activating group) is 1. The lowest BCUT2D eigenvalue weighted by atomic mass is 9.97. The summed E-state index contributed by atoms with van der Waals surface area (Å²) in [4.78, 5) is 25.0. The number of unbranched alkanes of at least 4 members (excludes halogenated alkanes) is 2. The van der Waals surface area contributed by atoms with Gasteiger partial charge in [0.05, 0.1) is 39.9 Å². The second-order valence-corrected chi connectivity index (χ2v) is 11.6. The van der Waals surface area contributed by atoms with Gasteiger partial charge in [0, 0.05) is 12.6 Å². The maximum absolute atomic E-state index is 13.0. The number of methoxy groups -OCH3 is 1. The van der Waals surface area contributed by atoms with Crippen molar-refractivity contribution in [3.63, 3.8) is 0 Å². The van der Waals surface area contributed by atoms with Gasteiger partial charge in [0.2, 0.25) is 0 Å². The first-order valence-corrected chi connectivity index (χ1v) is 14.3. The molecular formula is C33H45N2O6+. The number of quaternary nitrogens is 1. The third-order valence-electron chi connectivity index (χ3n) is 6.88. The lowest BCUT2D eigenvalue weighted by Gasteiger charge is -2.29. The highest BCUT2D eigenvalue weighted by Gasteiger charge is 2.28. The fraction of sp³-hybridized carbons (Fsp3) is 0.455. The van der Waals surface area contributed by atoms with Crippen LogP contribution in [0.3, 0.4) is 0 Å². The molecule has 0 saturated heterocycles. The van der Waals surface area contributed by atoms with Gasteiger partial charge in [0.1, 0.15) is 34.2 Å². The number of ether oxygens (including phenoxy) is 3. The topological polar surface area (TPSA) is 94.1 Å². The van der Waals surface area contributed by atoms with Gasteiger partial charge in [-0.3, -0.25) is 9.59 Å². The van der Waals surface area contributed by atoms with Crippen LogP contribution < -0.4 is 19.5 Å². The summed E-state index contributed by atoms with van der Waals surface area (Å²) in [7, 11) is 5.63. The minimum absolute atomic E-state index is 0.0948. The first-order chi connectivity index (χ1) is 19.4. The number of aromatic hydroxyl groups is 1. The number of allylic oxidation sites excluding steroid dienone is 1. The average Bonchev–Trinajstić information content (AvgIpc) is 2.92. The van der Waals surface area contributed by atoms with E-state index in [9.17, 15) is 14.7 Å². The summed E-state index contributed by atoms with van der Waals surface area (Å²) in [5.41, 5.74) is 0.865. The Balaban J connectivity index is 1.48. The predicted molar refractivity (Wildman–Crippen MR) is 163 cm³/mol. The van der Waals surface area contributed by atoms with Gasteiger partial charge in [-0.15, -0.1) is 0 Å². The van der Waals surface area contributed by atoms with E-state index in [-0.39, 0.29) is 28.8 Å². The molecule has 0 fully saturated rings. The zero-order valence-electron chi connectivity index (χ0n) is 25.3. The van der Waals surface area contributed by atoms with E-state index in [1.807, 2.05) is 51.1 Å². The van der Waals surface area contributed by atoms with Crippen LogP contribution in [-0.4, -0.2) is 74.3 Å². The zero-order chi connectivity index (χ0) is 30.0. The van der Waals surface area contributed by atoms with Gasteiger partial charge < -0.3 is 29.1 Å². The van der Waals surface area contributed by atoms with Crippen molar-refractivity contribution in [1.82, 2.24) is 5.32 Å². The molecule has 1 heterocycles. The van der Waals surface area contributed by atoms with Crippen LogP contribution in [0.4, 0.5) is 0 Å². The third-order valence-corrected chi connectivity index (χ3v) is 6.88. The molecule has 0 aromatic heterocycles. The maximum Gasteiger partial charge on any atom is 0.275 e. The summed E-state index contributed by atoms with van der Waals surface area (Å²) in [5.74, 6) is 1.06. The quantitative estimate of drug-likeness (QED) is 0.126. The summed E-state index contributed by atoms with van der Waals surface area (Å²) in [6.07, 6.45) is 10.7. The van der Waals surface area contributed by atoms with E-state index >= 15 is 0 Å². The number of carbonyl (C=O) groups excluding carboxylic acids is 2. The Labute approximate surface area is 244 Å². The van der Waals surface area contributed by atoms with E-state index in [0.717, 1.165) is 50.1 Å². The number of hydrogen-bond acceptors (Lipinski definition) is 6. The number of nitrogens with one attached hydrogen (secondary N) is 1. The Hall–Kier alpha value is -3.78. The fourth-order valence-corrected chi connectivity index (χ4v) is 4.61. The average molecular weight is 566 g/mol. The Kier molecular flexibility index (Phi) is 11.0. The van der Waals surface area contributed by atoms with Crippen LogP contribution >= 0.6 is 0 Å². The number of rotatable bonds is 15. The van der Waals surface area contributed by atoms with Gasteiger partial charge in [-0.25, -0.2) is 0 Å². The zero-order valence-corrected chi connectivity index (χ0v) is 25.3. The molecule has 0 saturated carbocycles. The van der Waals surface area contributed by atoms with Gasteiger partial charge in [-0.05, 0) is 75.5 Å². The normalized spacial score (nSPS) is 13.9. The number of carbonyl (C=O) groups is 2. The highest BCUT2D eigenvalue weighted by molar-refractivity contribution is 6.11. The molecule has 2 aromatic carbocycles. The molecule has 0 radical (unpaired) electrons. The molecular weight excluding hydrogens is 520 g/mol. The minimum Gasteiger partial charge on any atom is -0.506 e. The standard InChI is InChI=1S/C33H44N2O6/c1-7-19-34-30(37)23-35(4,5)20-9-8-10-21-40-25-14-11-24(12-15-25)13-16-27(36)31-29(39-6)22-28-26(32(31)38)17-18-33(2,3)41-28/h11-18,22H,7-10,19-21,23H2,1-6H3,(H-,34,36,37,38)/p+1/b16-13+. The molecule has 1 amide bonds. The molecule has 1 aliphatic heterocycles. The van der Waals surface area contributed by atoms with Crippen molar-refractivity contribution < 1.29 is 33.4 Å². The number of phenolic OH excluding ortho intramolecular Hbond substituents is 1. The Morgan fingerprint density at radius 1 is 1.12 bits per heavy atom. The summed E-state index contributed by atoms with van der Waals surface area (Å²) >= 11 is 0. The number of fused-ring (bicyclic) bond motifs is 1. The van der Waals surface area contributed by atoms with Crippen LogP contribution in [0, 0.1) is 0 Å². The van der Waals surface area contributed by atoms with E-state index in [1.165, 1.54) is 13.2 Å². The van der Waals surface area contributed by atoms with Crippen LogP contribution in [0.15, 0.2) is 42.5 Å². The molecule has 0 atom stereocenters. The number of ketones is 1. The Morgan fingerprint density at radius 3 is 2.54 bits per heavy atom. The Bertz CT molecular complexity index is 1260. The van der Waals surface area contributed by atoms with Gasteiger partial charge in [0.25, 0.3) is 5.91 Å². The molecule has 0 spiro atoms. The lowest BCUT2D eigenvalue weighted by molar-refractivity contribution is -0.882. The second-order valence-electron chi connectivity index (χ2n) is 11.6. The van der Waals surface area contributed by atoms with Crippen molar-refractivity contribution in [2.45, 2.75) is 52.1 Å². The number of nitrogens with zero attached hydrogens (tertiary/aromatic N) is 1. The number of hydrogen-bond donors (Lipinski definition) is 2.